The highest BCUT2D eigenvalue weighted by atomic mass is 32.2. The van der Waals surface area contributed by atoms with Gasteiger partial charge in [0.1, 0.15) is 10.6 Å². The molecule has 1 aliphatic heterocycles. The Bertz CT molecular complexity index is 1240. The predicted molar refractivity (Wildman–Crippen MR) is 144 cm³/mol. The summed E-state index contributed by atoms with van der Waals surface area (Å²) in [6.07, 6.45) is 4.65. The molecule has 200 valence electrons. The molecular formula is C27H37N5O4S. The van der Waals surface area contributed by atoms with Crippen molar-refractivity contribution in [1.29, 1.82) is 0 Å². The molecule has 2 saturated carbocycles. The molecule has 10 heteroatoms. The van der Waals surface area contributed by atoms with E-state index in [1.807, 2.05) is 44.2 Å². The van der Waals surface area contributed by atoms with Crippen molar-refractivity contribution >= 4 is 27.4 Å². The van der Waals surface area contributed by atoms with Gasteiger partial charge in [-0.25, -0.2) is 23.2 Å². The van der Waals surface area contributed by atoms with Gasteiger partial charge in [0.05, 0.1) is 30.2 Å². The fraction of sp³-hybridized carbons (Fsp3) is 0.593. The number of anilines is 2. The van der Waals surface area contributed by atoms with E-state index in [1.165, 1.54) is 0 Å². The van der Waals surface area contributed by atoms with Gasteiger partial charge in [-0.05, 0) is 70.7 Å². The molecule has 0 unspecified atom stereocenters. The van der Waals surface area contributed by atoms with Crippen molar-refractivity contribution < 1.29 is 17.9 Å². The number of rotatable bonds is 7. The van der Waals surface area contributed by atoms with Crippen LogP contribution in [0.1, 0.15) is 65.0 Å². The van der Waals surface area contributed by atoms with Crippen LogP contribution in [-0.2, 0) is 19.3 Å². The number of carbonyl (C=O) groups is 1. The van der Waals surface area contributed by atoms with Crippen LogP contribution in [0.25, 0.3) is 11.4 Å². The van der Waals surface area contributed by atoms with Crippen molar-refractivity contribution in [3.05, 3.63) is 36.0 Å². The molecule has 2 aliphatic carbocycles. The van der Waals surface area contributed by atoms with Crippen LogP contribution in [0.5, 0.6) is 0 Å². The monoisotopic (exact) mass is 527 g/mol. The number of nitrogens with zero attached hydrogens (tertiary/aromatic N) is 3. The molecule has 0 radical (unpaired) electrons. The molecule has 1 aromatic carbocycles. The SMILES string of the molecule is CC(C)NC(=O)Nc1ccc(-c2nc(N3CCOC[C@@H]3C)cc(C3(S(=O)(=O)C4CCCC4)CC3)n2)cc1. The van der Waals surface area contributed by atoms with Crippen molar-refractivity contribution in [3.63, 3.8) is 0 Å². The van der Waals surface area contributed by atoms with E-state index in [9.17, 15) is 13.2 Å². The summed E-state index contributed by atoms with van der Waals surface area (Å²) in [6, 6.07) is 9.14. The lowest BCUT2D eigenvalue weighted by molar-refractivity contribution is 0.0985. The molecular weight excluding hydrogens is 490 g/mol. The number of hydrogen-bond donors (Lipinski definition) is 2. The Morgan fingerprint density at radius 1 is 1.14 bits per heavy atom. The average molecular weight is 528 g/mol. The number of ether oxygens (including phenoxy) is 1. The summed E-state index contributed by atoms with van der Waals surface area (Å²) in [5.74, 6) is 1.24. The molecule has 2 N–H and O–H groups in total. The third-order valence-corrected chi connectivity index (χ3v) is 10.7. The maximum atomic E-state index is 13.8. The number of hydrogen-bond acceptors (Lipinski definition) is 7. The highest BCUT2D eigenvalue weighted by Crippen LogP contribution is 2.55. The highest BCUT2D eigenvalue weighted by molar-refractivity contribution is 7.93. The molecule has 9 nitrogen and oxygen atoms in total. The number of aromatic nitrogens is 2. The number of morpholine rings is 1. The minimum absolute atomic E-state index is 0.0340. The first-order valence-corrected chi connectivity index (χ1v) is 14.9. The molecule has 2 aromatic rings. The van der Waals surface area contributed by atoms with Gasteiger partial charge in [-0.3, -0.25) is 0 Å². The number of amides is 2. The second-order valence-electron chi connectivity index (χ2n) is 10.8. The maximum absolute atomic E-state index is 13.8. The summed E-state index contributed by atoms with van der Waals surface area (Å²) in [4.78, 5) is 24.0. The molecule has 5 rings (SSSR count). The van der Waals surface area contributed by atoms with Gasteiger partial charge in [0.15, 0.2) is 15.7 Å². The van der Waals surface area contributed by atoms with Crippen LogP contribution in [-0.4, -0.2) is 61.5 Å². The quantitative estimate of drug-likeness (QED) is 0.553. The van der Waals surface area contributed by atoms with E-state index in [-0.39, 0.29) is 23.4 Å². The van der Waals surface area contributed by atoms with Gasteiger partial charge in [0.25, 0.3) is 0 Å². The van der Waals surface area contributed by atoms with Crippen LogP contribution >= 0.6 is 0 Å². The van der Waals surface area contributed by atoms with Gasteiger partial charge in [-0.1, -0.05) is 12.8 Å². The zero-order chi connectivity index (χ0) is 26.2. The van der Waals surface area contributed by atoms with Crippen LogP contribution < -0.4 is 15.5 Å². The van der Waals surface area contributed by atoms with Crippen LogP contribution in [0.2, 0.25) is 0 Å². The van der Waals surface area contributed by atoms with Crippen molar-refractivity contribution in [3.8, 4) is 11.4 Å². The van der Waals surface area contributed by atoms with E-state index >= 15 is 0 Å². The van der Waals surface area contributed by atoms with Gasteiger partial charge < -0.3 is 20.3 Å². The van der Waals surface area contributed by atoms with Crippen molar-refractivity contribution in [2.24, 2.45) is 0 Å². The third-order valence-electron chi connectivity index (χ3n) is 7.65. The normalized spacial score (nSPS) is 21.7. The summed E-state index contributed by atoms with van der Waals surface area (Å²) < 4.78 is 32.3. The fourth-order valence-electron chi connectivity index (χ4n) is 5.46. The Balaban J connectivity index is 1.51. The van der Waals surface area contributed by atoms with E-state index in [1.54, 1.807) is 0 Å². The molecule has 1 aromatic heterocycles. The fourth-order valence-corrected chi connectivity index (χ4v) is 8.12. The zero-order valence-electron chi connectivity index (χ0n) is 21.9. The summed E-state index contributed by atoms with van der Waals surface area (Å²) in [7, 11) is -3.36. The van der Waals surface area contributed by atoms with Crippen LogP contribution in [0.3, 0.4) is 0 Å². The summed E-state index contributed by atoms with van der Waals surface area (Å²) in [6.45, 7) is 7.78. The van der Waals surface area contributed by atoms with Crippen molar-refractivity contribution in [2.75, 3.05) is 30.0 Å². The standard InChI is InChI=1S/C27H37N5O4S/c1-18(2)28-26(33)29-21-10-8-20(9-11-21)25-30-23(16-24(31-25)32-14-15-36-17-19(32)3)27(12-13-27)37(34,35)22-6-4-5-7-22/h8-11,16,18-19,22H,4-7,12-15,17H2,1-3H3,(H2,28,29,33)/t19-/m0/s1. The first-order chi connectivity index (χ1) is 17.7. The lowest BCUT2D eigenvalue weighted by Crippen LogP contribution is -2.44. The van der Waals surface area contributed by atoms with Crippen LogP contribution in [0, 0.1) is 0 Å². The molecule has 3 fully saturated rings. The predicted octanol–water partition coefficient (Wildman–Crippen LogP) is 4.25. The highest BCUT2D eigenvalue weighted by Gasteiger charge is 2.59. The number of carbonyl (C=O) groups excluding carboxylic acids is 1. The van der Waals surface area contributed by atoms with E-state index in [4.69, 9.17) is 14.7 Å². The molecule has 2 heterocycles. The molecule has 37 heavy (non-hydrogen) atoms. The van der Waals surface area contributed by atoms with Gasteiger partial charge in [0, 0.05) is 29.9 Å². The van der Waals surface area contributed by atoms with Gasteiger partial charge in [-0.15, -0.1) is 0 Å². The van der Waals surface area contributed by atoms with Crippen LogP contribution in [0.4, 0.5) is 16.3 Å². The van der Waals surface area contributed by atoms with Crippen LogP contribution in [0.15, 0.2) is 30.3 Å². The van der Waals surface area contributed by atoms with E-state index < -0.39 is 14.6 Å². The van der Waals surface area contributed by atoms with Crippen molar-refractivity contribution in [1.82, 2.24) is 15.3 Å². The molecule has 3 aliphatic rings. The third kappa shape index (κ3) is 5.18. The first kappa shape index (κ1) is 25.9. The molecule has 1 atom stereocenters. The summed E-state index contributed by atoms with van der Waals surface area (Å²) >= 11 is 0. The Labute approximate surface area is 219 Å². The molecule has 1 saturated heterocycles. The van der Waals surface area contributed by atoms with Gasteiger partial charge in [0.2, 0.25) is 0 Å². The average Bonchev–Trinajstić information content (AvgIpc) is 3.51. The Kier molecular flexibility index (Phi) is 7.15. The minimum atomic E-state index is -3.36. The summed E-state index contributed by atoms with van der Waals surface area (Å²) in [5.41, 5.74) is 2.03. The number of urea groups is 1. The van der Waals surface area contributed by atoms with Crippen molar-refractivity contribution in [2.45, 2.75) is 81.4 Å². The van der Waals surface area contributed by atoms with E-state index in [2.05, 4.69) is 22.5 Å². The number of nitrogens with one attached hydrogen (secondary N) is 2. The second kappa shape index (κ2) is 10.2. The smallest absolute Gasteiger partial charge is 0.319 e. The van der Waals surface area contributed by atoms with Gasteiger partial charge in [-0.2, -0.15) is 0 Å². The van der Waals surface area contributed by atoms with E-state index in [0.717, 1.165) is 37.1 Å². The lowest BCUT2D eigenvalue weighted by Gasteiger charge is -2.35. The molecule has 0 spiro atoms. The summed E-state index contributed by atoms with van der Waals surface area (Å²) in [5, 5.41) is 5.36. The molecule has 2 amide bonds. The first-order valence-electron chi connectivity index (χ1n) is 13.3. The Morgan fingerprint density at radius 3 is 2.46 bits per heavy atom. The van der Waals surface area contributed by atoms with Gasteiger partial charge >= 0.3 is 6.03 Å². The minimum Gasteiger partial charge on any atom is -0.377 e. The molecule has 0 bridgehead atoms. The number of benzene rings is 1. The lowest BCUT2D eigenvalue weighted by atomic mass is 10.1. The largest absolute Gasteiger partial charge is 0.377 e. The van der Waals surface area contributed by atoms with E-state index in [0.29, 0.717) is 49.8 Å². The number of sulfone groups is 1. The second-order valence-corrected chi connectivity index (χ2v) is 13.4. The maximum Gasteiger partial charge on any atom is 0.319 e. The Morgan fingerprint density at radius 2 is 1.84 bits per heavy atom. The Hall–Kier alpha value is -2.72. The topological polar surface area (TPSA) is 114 Å². The zero-order valence-corrected chi connectivity index (χ0v) is 22.7.